The van der Waals surface area contributed by atoms with Crippen molar-refractivity contribution in [3.8, 4) is 0 Å². The van der Waals surface area contributed by atoms with Gasteiger partial charge in [0.1, 0.15) is 29.4 Å². The van der Waals surface area contributed by atoms with E-state index >= 15 is 0 Å². The molecule has 156 valence electrons. The van der Waals surface area contributed by atoms with Crippen molar-refractivity contribution in [2.24, 2.45) is 0 Å². The highest BCUT2D eigenvalue weighted by Crippen LogP contribution is 2.20. The summed E-state index contributed by atoms with van der Waals surface area (Å²) in [6.45, 7) is 0. The van der Waals surface area contributed by atoms with E-state index in [-0.39, 0.29) is 21.0 Å². The molecule has 0 amide bonds. The van der Waals surface area contributed by atoms with Crippen LogP contribution in [0.3, 0.4) is 0 Å². The van der Waals surface area contributed by atoms with Crippen LogP contribution in [0.25, 0.3) is 0 Å². The first-order valence-electron chi connectivity index (χ1n) is 9.41. The van der Waals surface area contributed by atoms with Crippen LogP contribution in [-0.4, -0.2) is 6.15 Å². The number of hydrogen-bond acceptors (Lipinski definition) is 0. The highest BCUT2D eigenvalue weighted by Gasteiger charge is 2.36. The van der Waals surface area contributed by atoms with Crippen LogP contribution >= 0.6 is 23.2 Å². The van der Waals surface area contributed by atoms with Crippen molar-refractivity contribution in [3.63, 3.8) is 0 Å². The van der Waals surface area contributed by atoms with Crippen LogP contribution in [0.1, 0.15) is 0 Å². The standard InChI is InChI=1S/C24H14BCl2F4/c26-23-7-3-1-5-21(23)25(22-6-2-4-8-24(22)27,15-9-17(28)13-18(29)10-15)16-11-19(30)14-20(31)12-16/h1-14H/q-1. The molecule has 7 heteroatoms. The van der Waals surface area contributed by atoms with Crippen molar-refractivity contribution in [1.29, 1.82) is 0 Å². The predicted octanol–water partition coefficient (Wildman–Crippen LogP) is 4.93. The SMILES string of the molecule is Fc1cc(F)cc([B-](c2cc(F)cc(F)c2)(c2ccccc2Cl)c2ccccc2Cl)c1. The monoisotopic (exact) mass is 459 g/mol. The molecule has 0 spiro atoms. The Hall–Kier alpha value is -2.76. The van der Waals surface area contributed by atoms with Gasteiger partial charge in [-0.25, -0.2) is 17.6 Å². The molecule has 0 unspecified atom stereocenters. The maximum absolute atomic E-state index is 14.4. The summed E-state index contributed by atoms with van der Waals surface area (Å²) in [5.41, 5.74) is 1.13. The van der Waals surface area contributed by atoms with Gasteiger partial charge in [-0.15, -0.1) is 0 Å². The largest absolute Gasteiger partial charge is 0.207 e. The number of rotatable bonds is 4. The molecule has 0 saturated heterocycles. The van der Waals surface area contributed by atoms with Crippen molar-refractivity contribution < 1.29 is 17.6 Å². The second kappa shape index (κ2) is 8.41. The molecule has 0 atom stereocenters. The van der Waals surface area contributed by atoms with Crippen LogP contribution in [0.15, 0.2) is 84.9 Å². The molecule has 0 saturated carbocycles. The molecule has 0 N–H and O–H groups in total. The molecular formula is C24H14BCl2F4-. The highest BCUT2D eigenvalue weighted by molar-refractivity contribution is 7.21. The highest BCUT2D eigenvalue weighted by atomic mass is 35.5. The molecular weight excluding hydrogens is 446 g/mol. The summed E-state index contributed by atoms with van der Waals surface area (Å²) in [7, 11) is 0. The molecule has 31 heavy (non-hydrogen) atoms. The Morgan fingerprint density at radius 2 is 0.806 bits per heavy atom. The molecule has 0 heterocycles. The molecule has 0 nitrogen and oxygen atoms in total. The van der Waals surface area contributed by atoms with E-state index in [1.165, 1.54) is 0 Å². The maximum atomic E-state index is 14.4. The molecule has 0 aliphatic carbocycles. The minimum absolute atomic E-state index is 0.142. The minimum Gasteiger partial charge on any atom is -0.207 e. The van der Waals surface area contributed by atoms with Gasteiger partial charge in [-0.05, 0) is 12.1 Å². The van der Waals surface area contributed by atoms with Gasteiger partial charge in [-0.3, -0.25) is 0 Å². The lowest BCUT2D eigenvalue weighted by Gasteiger charge is -2.45. The van der Waals surface area contributed by atoms with Gasteiger partial charge in [0.15, 0.2) is 0 Å². The predicted molar refractivity (Wildman–Crippen MR) is 120 cm³/mol. The van der Waals surface area contributed by atoms with E-state index in [1.807, 2.05) is 0 Å². The average Bonchev–Trinajstić information content (AvgIpc) is 2.70. The summed E-state index contributed by atoms with van der Waals surface area (Å²) in [6.07, 6.45) is -2.57. The first-order chi connectivity index (χ1) is 14.8. The van der Waals surface area contributed by atoms with Gasteiger partial charge in [0.25, 0.3) is 0 Å². The van der Waals surface area contributed by atoms with E-state index in [2.05, 4.69) is 0 Å². The Kier molecular flexibility index (Phi) is 5.82. The second-order valence-corrected chi connectivity index (χ2v) is 8.13. The van der Waals surface area contributed by atoms with Crippen LogP contribution in [0.2, 0.25) is 10.0 Å². The third-order valence-corrected chi connectivity index (χ3v) is 6.20. The molecule has 0 bridgehead atoms. The van der Waals surface area contributed by atoms with Crippen LogP contribution in [0.5, 0.6) is 0 Å². The number of benzene rings is 4. The van der Waals surface area contributed by atoms with E-state index in [0.29, 0.717) is 10.9 Å². The summed E-state index contributed by atoms with van der Waals surface area (Å²) >= 11 is 13.1. The fourth-order valence-corrected chi connectivity index (χ4v) is 4.98. The van der Waals surface area contributed by atoms with Crippen LogP contribution in [0, 0.1) is 23.3 Å². The van der Waals surface area contributed by atoms with Gasteiger partial charge < -0.3 is 0 Å². The molecule has 0 fully saturated rings. The lowest BCUT2D eigenvalue weighted by atomic mass is 9.13. The smallest absolute Gasteiger partial charge is 0.123 e. The summed E-state index contributed by atoms with van der Waals surface area (Å²) < 4.78 is 57.7. The zero-order valence-corrected chi connectivity index (χ0v) is 17.4. The van der Waals surface area contributed by atoms with Crippen molar-refractivity contribution in [2.45, 2.75) is 0 Å². The van der Waals surface area contributed by atoms with Crippen LogP contribution in [-0.2, 0) is 0 Å². The fraction of sp³-hybridized carbons (Fsp3) is 0. The Morgan fingerprint density at radius 1 is 0.484 bits per heavy atom. The van der Waals surface area contributed by atoms with E-state index in [0.717, 1.165) is 36.4 Å². The van der Waals surface area contributed by atoms with E-state index in [4.69, 9.17) is 23.2 Å². The average molecular weight is 460 g/mol. The minimum atomic E-state index is -2.57. The third-order valence-electron chi connectivity index (χ3n) is 5.51. The first kappa shape index (κ1) is 21.5. The normalized spacial score (nSPS) is 11.5. The lowest BCUT2D eigenvalue weighted by molar-refractivity contribution is 0.585. The fourth-order valence-electron chi connectivity index (χ4n) is 4.38. The number of hydrogen-bond donors (Lipinski definition) is 0. The summed E-state index contributed by atoms with van der Waals surface area (Å²) in [5.74, 6) is -3.34. The summed E-state index contributed by atoms with van der Waals surface area (Å²) in [6, 6.07) is 19.3. The maximum Gasteiger partial charge on any atom is 0.123 e. The van der Waals surface area contributed by atoms with Gasteiger partial charge in [-0.2, -0.15) is 21.9 Å². The topological polar surface area (TPSA) is 0 Å². The Labute approximate surface area is 187 Å². The van der Waals surface area contributed by atoms with Crippen molar-refractivity contribution in [3.05, 3.63) is 118 Å². The molecule has 4 rings (SSSR count). The van der Waals surface area contributed by atoms with Crippen LogP contribution < -0.4 is 21.9 Å². The lowest BCUT2D eigenvalue weighted by Crippen LogP contribution is -2.75. The third kappa shape index (κ3) is 3.84. The molecule has 0 aliphatic heterocycles. The molecule has 0 aromatic heterocycles. The van der Waals surface area contributed by atoms with Gasteiger partial charge in [-0.1, -0.05) is 83.9 Å². The molecule has 0 radical (unpaired) electrons. The summed E-state index contributed by atoms with van der Waals surface area (Å²) in [5, 5.41) is 0.522. The second-order valence-electron chi connectivity index (χ2n) is 7.31. The van der Waals surface area contributed by atoms with Crippen LogP contribution in [0.4, 0.5) is 17.6 Å². The number of halogens is 6. The van der Waals surface area contributed by atoms with Crippen molar-refractivity contribution >= 4 is 51.2 Å². The van der Waals surface area contributed by atoms with Gasteiger partial charge in [0.2, 0.25) is 0 Å². The van der Waals surface area contributed by atoms with Crippen molar-refractivity contribution in [1.82, 2.24) is 0 Å². The Morgan fingerprint density at radius 3 is 1.13 bits per heavy atom. The van der Waals surface area contributed by atoms with E-state index in [9.17, 15) is 17.6 Å². The molecule has 0 aliphatic rings. The van der Waals surface area contributed by atoms with Gasteiger partial charge in [0.05, 0.1) is 0 Å². The van der Waals surface area contributed by atoms with E-state index in [1.54, 1.807) is 48.5 Å². The zero-order valence-electron chi connectivity index (χ0n) is 15.9. The zero-order chi connectivity index (χ0) is 22.2. The Balaban J connectivity index is 2.27. The van der Waals surface area contributed by atoms with Gasteiger partial charge >= 0.3 is 0 Å². The molecule has 4 aromatic carbocycles. The van der Waals surface area contributed by atoms with Crippen molar-refractivity contribution in [2.75, 3.05) is 0 Å². The van der Waals surface area contributed by atoms with E-state index < -0.39 is 29.4 Å². The Bertz CT molecular complexity index is 1140. The first-order valence-corrected chi connectivity index (χ1v) is 10.2. The summed E-state index contributed by atoms with van der Waals surface area (Å²) in [4.78, 5) is 0. The molecule has 4 aromatic rings. The van der Waals surface area contributed by atoms with Gasteiger partial charge in [0, 0.05) is 22.2 Å². The quantitative estimate of drug-likeness (QED) is 0.300.